The van der Waals surface area contributed by atoms with E-state index < -0.39 is 0 Å². The van der Waals surface area contributed by atoms with E-state index in [2.05, 4.69) is 96.8 Å². The van der Waals surface area contributed by atoms with Gasteiger partial charge in [-0.3, -0.25) is 9.69 Å². The molecule has 1 amide bonds. The first-order chi connectivity index (χ1) is 22.9. The number of amides is 1. The normalized spacial score (nSPS) is 11.7. The molecule has 4 N–H and O–H groups in total. The minimum atomic E-state index is -0.111. The zero-order chi connectivity index (χ0) is 36.8. The summed E-state index contributed by atoms with van der Waals surface area (Å²) >= 11 is 0. The van der Waals surface area contributed by atoms with Crippen molar-refractivity contribution in [1.29, 1.82) is 0 Å². The Morgan fingerprint density at radius 1 is 0.653 bits per heavy atom. The molecule has 0 unspecified atom stereocenters. The van der Waals surface area contributed by atoms with Crippen LogP contribution in [0.3, 0.4) is 0 Å². The van der Waals surface area contributed by atoms with Crippen molar-refractivity contribution in [2.45, 2.75) is 150 Å². The van der Waals surface area contributed by atoms with Crippen LogP contribution < -0.4 is 5.32 Å². The fourth-order valence-electron chi connectivity index (χ4n) is 6.09. The lowest BCUT2D eigenvalue weighted by Crippen LogP contribution is -2.20. The molecule has 6 heteroatoms. The molecule has 3 rings (SSSR count). The predicted molar refractivity (Wildman–Crippen MR) is 207 cm³/mol. The number of rotatable bonds is 15. The molecule has 0 saturated carbocycles. The summed E-state index contributed by atoms with van der Waals surface area (Å²) in [6.45, 7) is 20.3. The van der Waals surface area contributed by atoms with Gasteiger partial charge in [-0.25, -0.2) is 0 Å². The molecule has 0 aromatic heterocycles. The van der Waals surface area contributed by atoms with Gasteiger partial charge in [-0.2, -0.15) is 0 Å². The van der Waals surface area contributed by atoms with E-state index in [0.717, 1.165) is 51.9 Å². The molecule has 49 heavy (non-hydrogen) atoms. The summed E-state index contributed by atoms with van der Waals surface area (Å²) < 4.78 is 0. The Morgan fingerprint density at radius 2 is 1.06 bits per heavy atom. The molecule has 0 aliphatic rings. The Kier molecular flexibility index (Phi) is 16.7. The maximum atomic E-state index is 11.7. The highest BCUT2D eigenvalue weighted by Gasteiger charge is 2.23. The second-order valence-electron chi connectivity index (χ2n) is 16.0. The molecule has 3 aromatic carbocycles. The van der Waals surface area contributed by atoms with Crippen LogP contribution in [0.5, 0.6) is 17.2 Å². The van der Waals surface area contributed by atoms with Crippen molar-refractivity contribution in [3.8, 4) is 17.2 Å². The van der Waals surface area contributed by atoms with Crippen molar-refractivity contribution in [3.05, 3.63) is 81.9 Å². The molecular formula is C43H66N2O4. The quantitative estimate of drug-likeness (QED) is 0.0951. The zero-order valence-electron chi connectivity index (χ0n) is 32.3. The number of nitrogens with one attached hydrogen (secondary N) is 1. The van der Waals surface area contributed by atoms with Gasteiger partial charge >= 0.3 is 0 Å². The van der Waals surface area contributed by atoms with Crippen molar-refractivity contribution in [2.75, 3.05) is 12.4 Å². The highest BCUT2D eigenvalue weighted by molar-refractivity contribution is 5.90. The number of aromatic hydroxyl groups is 3. The number of phenolic OH excluding ortho intramolecular Hbond substituents is 3. The average molecular weight is 675 g/mol. The molecule has 0 aliphatic heterocycles. The number of unbranched alkanes of at least 4 members (excludes halogenated alkanes) is 8. The number of phenols is 3. The van der Waals surface area contributed by atoms with E-state index in [9.17, 15) is 15.0 Å². The first kappa shape index (κ1) is 41.7. The Labute approximate surface area is 298 Å². The molecule has 6 nitrogen and oxygen atoms in total. The fourth-order valence-corrected chi connectivity index (χ4v) is 6.09. The first-order valence-corrected chi connectivity index (χ1v) is 18.4. The maximum absolute atomic E-state index is 11.7. The molecular weight excluding hydrogens is 608 g/mol. The summed E-state index contributed by atoms with van der Waals surface area (Å²) in [4.78, 5) is 13.9. The van der Waals surface area contributed by atoms with Gasteiger partial charge in [-0.15, -0.1) is 0 Å². The first-order valence-electron chi connectivity index (χ1n) is 18.4. The number of nitrogens with zero attached hydrogens (tertiary/aromatic N) is 1. The molecule has 0 aliphatic carbocycles. The molecule has 0 atom stereocenters. The third-order valence-electron chi connectivity index (χ3n) is 8.82. The summed E-state index contributed by atoms with van der Waals surface area (Å²) in [5, 5.41) is 33.7. The van der Waals surface area contributed by atoms with Gasteiger partial charge in [0, 0.05) is 36.3 Å². The lowest BCUT2D eigenvalue weighted by atomic mass is 9.84. The predicted octanol–water partition coefficient (Wildman–Crippen LogP) is 11.2. The Bertz CT molecular complexity index is 1380. The SMILES string of the molecule is CCCCCCCCCCCC(=O)Nc1ccc(O)cc1.Cc1cc(CN(C)Cc2cc(C)cc(C(C)(C)C)c2O)c(O)c(C(C)(C)C)c1. The van der Waals surface area contributed by atoms with E-state index in [4.69, 9.17) is 5.11 Å². The third-order valence-corrected chi connectivity index (χ3v) is 8.82. The van der Waals surface area contributed by atoms with Crippen LogP contribution in [-0.2, 0) is 28.7 Å². The monoisotopic (exact) mass is 675 g/mol. The summed E-state index contributed by atoms with van der Waals surface area (Å²) in [5.74, 6) is 1.04. The molecule has 0 radical (unpaired) electrons. The number of aryl methyl sites for hydroxylation is 2. The maximum Gasteiger partial charge on any atom is 0.224 e. The van der Waals surface area contributed by atoms with E-state index in [1.54, 1.807) is 24.3 Å². The van der Waals surface area contributed by atoms with E-state index in [1.165, 1.54) is 44.9 Å². The van der Waals surface area contributed by atoms with E-state index in [0.29, 0.717) is 31.0 Å². The van der Waals surface area contributed by atoms with Crippen molar-refractivity contribution in [2.24, 2.45) is 0 Å². The molecule has 0 bridgehead atoms. The van der Waals surface area contributed by atoms with Crippen LogP contribution in [0, 0.1) is 13.8 Å². The van der Waals surface area contributed by atoms with Gasteiger partial charge in [0.1, 0.15) is 17.2 Å². The smallest absolute Gasteiger partial charge is 0.224 e. The Balaban J connectivity index is 0.000000355. The van der Waals surface area contributed by atoms with Gasteiger partial charge in [-0.05, 0) is 73.5 Å². The van der Waals surface area contributed by atoms with Crippen molar-refractivity contribution in [1.82, 2.24) is 4.90 Å². The number of anilines is 1. The van der Waals surface area contributed by atoms with Gasteiger partial charge in [0.15, 0.2) is 0 Å². The number of hydrogen-bond donors (Lipinski definition) is 4. The lowest BCUT2D eigenvalue weighted by Gasteiger charge is -2.26. The Hall–Kier alpha value is -3.51. The number of carbonyl (C=O) groups excluding carboxylic acids is 1. The third kappa shape index (κ3) is 14.9. The average Bonchev–Trinajstić information content (AvgIpc) is 3.00. The molecule has 3 aromatic rings. The van der Waals surface area contributed by atoms with E-state index in [-0.39, 0.29) is 22.5 Å². The van der Waals surface area contributed by atoms with Crippen LogP contribution >= 0.6 is 0 Å². The van der Waals surface area contributed by atoms with Crippen molar-refractivity contribution >= 4 is 11.6 Å². The van der Waals surface area contributed by atoms with Crippen LogP contribution in [0.4, 0.5) is 5.69 Å². The Morgan fingerprint density at radius 3 is 1.47 bits per heavy atom. The van der Waals surface area contributed by atoms with E-state index >= 15 is 0 Å². The number of benzene rings is 3. The topological polar surface area (TPSA) is 93.0 Å². The highest BCUT2D eigenvalue weighted by Crippen LogP contribution is 2.37. The van der Waals surface area contributed by atoms with Gasteiger partial charge in [0.25, 0.3) is 0 Å². The summed E-state index contributed by atoms with van der Waals surface area (Å²) in [6.07, 6.45) is 11.9. The second-order valence-corrected chi connectivity index (χ2v) is 16.0. The molecule has 0 spiro atoms. The van der Waals surface area contributed by atoms with Crippen LogP contribution in [0.2, 0.25) is 0 Å². The summed E-state index contributed by atoms with van der Waals surface area (Å²) in [5.41, 5.74) is 6.63. The van der Waals surface area contributed by atoms with Crippen LogP contribution in [0.15, 0.2) is 48.5 Å². The highest BCUT2D eigenvalue weighted by atomic mass is 16.3. The standard InChI is InChI=1S/C25H37NO2.C18H29NO2/c1-16-10-18(22(27)20(12-16)24(3,4)5)14-26(9)15-19-11-17(2)13-21(23(19)28)25(6,7)8;1-2-3-4-5-6-7-8-9-10-11-18(21)19-16-12-14-17(20)15-13-16/h10-13,27-28H,14-15H2,1-9H3;12-15,20H,2-11H2,1H3,(H,19,21). The van der Waals surface area contributed by atoms with Gasteiger partial charge in [0.05, 0.1) is 0 Å². The van der Waals surface area contributed by atoms with Crippen molar-refractivity contribution in [3.63, 3.8) is 0 Å². The second kappa shape index (κ2) is 19.6. The minimum absolute atomic E-state index is 0.0589. The van der Waals surface area contributed by atoms with Crippen LogP contribution in [0.1, 0.15) is 146 Å². The van der Waals surface area contributed by atoms with Gasteiger partial charge < -0.3 is 20.6 Å². The van der Waals surface area contributed by atoms with Crippen molar-refractivity contribution < 1.29 is 20.1 Å². The molecule has 0 saturated heterocycles. The van der Waals surface area contributed by atoms with Gasteiger partial charge in [-0.1, -0.05) is 135 Å². The van der Waals surface area contributed by atoms with Crippen LogP contribution in [-0.4, -0.2) is 33.2 Å². The summed E-state index contributed by atoms with van der Waals surface area (Å²) in [7, 11) is 2.02. The largest absolute Gasteiger partial charge is 0.508 e. The molecule has 0 heterocycles. The molecule has 272 valence electrons. The number of hydrogen-bond acceptors (Lipinski definition) is 5. The number of carbonyl (C=O) groups is 1. The molecule has 0 fully saturated rings. The van der Waals surface area contributed by atoms with E-state index in [1.807, 2.05) is 7.05 Å². The zero-order valence-corrected chi connectivity index (χ0v) is 32.3. The van der Waals surface area contributed by atoms with Gasteiger partial charge in [0.2, 0.25) is 5.91 Å². The fraction of sp³-hybridized carbons (Fsp3) is 0.558. The van der Waals surface area contributed by atoms with Crippen LogP contribution in [0.25, 0.3) is 0 Å². The lowest BCUT2D eigenvalue weighted by molar-refractivity contribution is -0.116. The summed E-state index contributed by atoms with van der Waals surface area (Å²) in [6, 6.07) is 14.8. The minimum Gasteiger partial charge on any atom is -0.508 e.